The maximum Gasteiger partial charge on any atom is 0.252 e. The molecule has 1 atom stereocenters. The van der Waals surface area contributed by atoms with E-state index >= 15 is 0 Å². The molecule has 3 nitrogen and oxygen atoms in total. The highest BCUT2D eigenvalue weighted by molar-refractivity contribution is 9.10. The van der Waals surface area contributed by atoms with Gasteiger partial charge in [0.15, 0.2) is 0 Å². The van der Waals surface area contributed by atoms with Crippen molar-refractivity contribution in [3.8, 4) is 0 Å². The van der Waals surface area contributed by atoms with Gasteiger partial charge in [0.25, 0.3) is 5.91 Å². The molecule has 2 N–H and O–H groups in total. The first-order valence-corrected chi connectivity index (χ1v) is 7.59. The molecule has 21 heavy (non-hydrogen) atoms. The van der Waals surface area contributed by atoms with Crippen LogP contribution in [0.4, 0.5) is 0 Å². The Morgan fingerprint density at radius 3 is 2.52 bits per heavy atom. The molecule has 110 valence electrons. The summed E-state index contributed by atoms with van der Waals surface area (Å²) in [7, 11) is 0. The molecule has 0 aliphatic heterocycles. The largest absolute Gasteiger partial charge is 0.384 e. The van der Waals surface area contributed by atoms with Crippen LogP contribution < -0.4 is 5.32 Å². The number of rotatable bonds is 4. The van der Waals surface area contributed by atoms with Crippen molar-refractivity contribution in [1.82, 2.24) is 5.32 Å². The molecule has 0 saturated heterocycles. The molecule has 0 aromatic heterocycles. The molecule has 0 fully saturated rings. The number of nitrogens with one attached hydrogen (secondary N) is 1. The lowest BCUT2D eigenvalue weighted by atomic mass is 9.96. The van der Waals surface area contributed by atoms with E-state index in [-0.39, 0.29) is 12.5 Å². The lowest BCUT2D eigenvalue weighted by molar-refractivity contribution is 0.0527. The van der Waals surface area contributed by atoms with Gasteiger partial charge in [-0.15, -0.1) is 0 Å². The molecular weight excluding hydrogens is 354 g/mol. The third kappa shape index (κ3) is 3.84. The fourth-order valence-electron chi connectivity index (χ4n) is 1.99. The first kappa shape index (κ1) is 16.0. The fourth-order valence-corrected chi connectivity index (χ4v) is 2.79. The molecule has 2 aromatic rings. The van der Waals surface area contributed by atoms with Crippen LogP contribution in [0.25, 0.3) is 0 Å². The summed E-state index contributed by atoms with van der Waals surface area (Å²) in [6.45, 7) is 1.69. The SMILES string of the molecule is C[C@](O)(CNC(=O)c1ccccc1Br)c1ccccc1Cl. The number of hydrogen-bond donors (Lipinski definition) is 2. The van der Waals surface area contributed by atoms with E-state index in [1.165, 1.54) is 0 Å². The topological polar surface area (TPSA) is 49.3 Å². The number of aliphatic hydroxyl groups is 1. The number of halogens is 2. The summed E-state index contributed by atoms with van der Waals surface area (Å²) in [5.74, 6) is -0.255. The molecular formula is C16H15BrClNO2. The smallest absolute Gasteiger partial charge is 0.252 e. The van der Waals surface area contributed by atoms with Crippen molar-refractivity contribution >= 4 is 33.4 Å². The summed E-state index contributed by atoms with van der Waals surface area (Å²) >= 11 is 9.42. The zero-order chi connectivity index (χ0) is 15.5. The Balaban J connectivity index is 2.11. The second-order valence-electron chi connectivity index (χ2n) is 4.92. The van der Waals surface area contributed by atoms with Crippen LogP contribution >= 0.6 is 27.5 Å². The monoisotopic (exact) mass is 367 g/mol. The van der Waals surface area contributed by atoms with Crippen LogP contribution in [-0.4, -0.2) is 17.6 Å². The van der Waals surface area contributed by atoms with E-state index in [1.807, 2.05) is 6.07 Å². The number of benzene rings is 2. The highest BCUT2D eigenvalue weighted by Crippen LogP contribution is 2.27. The van der Waals surface area contributed by atoms with Gasteiger partial charge < -0.3 is 10.4 Å². The molecule has 2 rings (SSSR count). The second kappa shape index (κ2) is 6.60. The predicted octanol–water partition coefficient (Wildman–Crippen LogP) is 3.74. The van der Waals surface area contributed by atoms with Crippen molar-refractivity contribution in [3.05, 3.63) is 69.2 Å². The summed E-state index contributed by atoms with van der Waals surface area (Å²) in [6.07, 6.45) is 0. The Bertz CT molecular complexity index is 658. The van der Waals surface area contributed by atoms with Crippen molar-refractivity contribution < 1.29 is 9.90 Å². The molecule has 2 aromatic carbocycles. The van der Waals surface area contributed by atoms with Gasteiger partial charge in [0.05, 0.1) is 12.1 Å². The standard InChI is InChI=1S/C16H15BrClNO2/c1-16(21,12-7-3-5-9-14(12)18)10-19-15(20)11-6-2-4-8-13(11)17/h2-9,21H,10H2,1H3,(H,19,20)/t16-/m0/s1. The highest BCUT2D eigenvalue weighted by atomic mass is 79.9. The van der Waals surface area contributed by atoms with Crippen LogP contribution in [-0.2, 0) is 5.60 Å². The number of carbonyl (C=O) groups excluding carboxylic acids is 1. The molecule has 5 heteroatoms. The van der Waals surface area contributed by atoms with Gasteiger partial charge >= 0.3 is 0 Å². The summed E-state index contributed by atoms with van der Waals surface area (Å²) in [6, 6.07) is 14.2. The molecule has 1 amide bonds. The van der Waals surface area contributed by atoms with Gasteiger partial charge in [-0.2, -0.15) is 0 Å². The lowest BCUT2D eigenvalue weighted by Crippen LogP contribution is -2.38. The predicted molar refractivity (Wildman–Crippen MR) is 87.5 cm³/mol. The van der Waals surface area contributed by atoms with E-state index in [1.54, 1.807) is 49.4 Å². The maximum absolute atomic E-state index is 12.1. The Kier molecular flexibility index (Phi) is 5.04. The Labute approximate surface area is 137 Å². The average molecular weight is 369 g/mol. The van der Waals surface area contributed by atoms with Gasteiger partial charge in [-0.05, 0) is 41.1 Å². The fraction of sp³-hybridized carbons (Fsp3) is 0.188. The van der Waals surface area contributed by atoms with Gasteiger partial charge in [0.2, 0.25) is 0 Å². The van der Waals surface area contributed by atoms with Gasteiger partial charge in [-0.3, -0.25) is 4.79 Å². The van der Waals surface area contributed by atoms with Crippen molar-refractivity contribution in [2.45, 2.75) is 12.5 Å². The van der Waals surface area contributed by atoms with E-state index in [2.05, 4.69) is 21.2 Å². The van der Waals surface area contributed by atoms with Gasteiger partial charge in [-0.1, -0.05) is 41.9 Å². The second-order valence-corrected chi connectivity index (χ2v) is 6.18. The minimum Gasteiger partial charge on any atom is -0.384 e. The van der Waals surface area contributed by atoms with Crippen LogP contribution in [0.15, 0.2) is 53.0 Å². The van der Waals surface area contributed by atoms with E-state index in [0.717, 1.165) is 0 Å². The van der Waals surface area contributed by atoms with E-state index in [0.29, 0.717) is 20.6 Å². The third-order valence-electron chi connectivity index (χ3n) is 3.17. The summed E-state index contributed by atoms with van der Waals surface area (Å²) < 4.78 is 0.708. The molecule has 0 aliphatic carbocycles. The van der Waals surface area contributed by atoms with Crippen LogP contribution in [0.5, 0.6) is 0 Å². The summed E-state index contributed by atoms with van der Waals surface area (Å²) in [5.41, 5.74) is -0.138. The number of amides is 1. The summed E-state index contributed by atoms with van der Waals surface area (Å²) in [4.78, 5) is 12.1. The van der Waals surface area contributed by atoms with Gasteiger partial charge in [0, 0.05) is 15.1 Å². The summed E-state index contributed by atoms with van der Waals surface area (Å²) in [5, 5.41) is 13.7. The zero-order valence-electron chi connectivity index (χ0n) is 11.4. The Morgan fingerprint density at radius 1 is 1.24 bits per heavy atom. The Morgan fingerprint density at radius 2 is 1.86 bits per heavy atom. The van der Waals surface area contributed by atoms with Crippen LogP contribution in [0, 0.1) is 0 Å². The molecule has 0 spiro atoms. The lowest BCUT2D eigenvalue weighted by Gasteiger charge is -2.25. The number of hydrogen-bond acceptors (Lipinski definition) is 2. The quantitative estimate of drug-likeness (QED) is 0.863. The normalized spacial score (nSPS) is 13.5. The molecule has 0 unspecified atom stereocenters. The third-order valence-corrected chi connectivity index (χ3v) is 4.19. The van der Waals surface area contributed by atoms with Gasteiger partial charge in [-0.25, -0.2) is 0 Å². The molecule has 0 saturated carbocycles. The van der Waals surface area contributed by atoms with Crippen LogP contribution in [0.3, 0.4) is 0 Å². The first-order chi connectivity index (χ1) is 9.92. The van der Waals surface area contributed by atoms with Gasteiger partial charge in [0.1, 0.15) is 5.60 Å². The van der Waals surface area contributed by atoms with E-state index < -0.39 is 5.60 Å². The van der Waals surface area contributed by atoms with Crippen molar-refractivity contribution in [3.63, 3.8) is 0 Å². The van der Waals surface area contributed by atoms with Crippen molar-refractivity contribution in [2.75, 3.05) is 6.54 Å². The maximum atomic E-state index is 12.1. The van der Waals surface area contributed by atoms with E-state index in [9.17, 15) is 9.90 Å². The molecule has 0 aliphatic rings. The molecule has 0 bridgehead atoms. The first-order valence-electron chi connectivity index (χ1n) is 6.42. The molecule has 0 radical (unpaired) electrons. The van der Waals surface area contributed by atoms with Crippen molar-refractivity contribution in [2.24, 2.45) is 0 Å². The van der Waals surface area contributed by atoms with Crippen molar-refractivity contribution in [1.29, 1.82) is 0 Å². The Hall–Kier alpha value is -1.36. The van der Waals surface area contributed by atoms with Crippen LogP contribution in [0.2, 0.25) is 5.02 Å². The minimum atomic E-state index is -1.24. The molecule has 0 heterocycles. The zero-order valence-corrected chi connectivity index (χ0v) is 13.8. The highest BCUT2D eigenvalue weighted by Gasteiger charge is 2.26. The van der Waals surface area contributed by atoms with Crippen LogP contribution in [0.1, 0.15) is 22.8 Å². The number of carbonyl (C=O) groups is 1. The minimum absolute atomic E-state index is 0.0664. The average Bonchev–Trinajstić information content (AvgIpc) is 2.45. The van der Waals surface area contributed by atoms with E-state index in [4.69, 9.17) is 11.6 Å².